The van der Waals surface area contributed by atoms with Gasteiger partial charge in [-0.3, -0.25) is 9.67 Å². The van der Waals surface area contributed by atoms with Gasteiger partial charge in [-0.25, -0.2) is 9.78 Å². The molecule has 1 aliphatic heterocycles. The number of likely N-dealkylation sites (tertiary alicyclic amines) is 1. The Balaban J connectivity index is 1.51. The zero-order chi connectivity index (χ0) is 19.9. The molecule has 0 radical (unpaired) electrons. The van der Waals surface area contributed by atoms with Crippen LogP contribution in [0.2, 0.25) is 0 Å². The van der Waals surface area contributed by atoms with Crippen LogP contribution < -0.4 is 0 Å². The van der Waals surface area contributed by atoms with E-state index in [0.717, 1.165) is 33.2 Å². The highest BCUT2D eigenvalue weighted by atomic mass is 79.9. The van der Waals surface area contributed by atoms with E-state index in [2.05, 4.69) is 26.0 Å². The number of hydrogen-bond donors (Lipinski definition) is 0. The van der Waals surface area contributed by atoms with E-state index in [1.165, 1.54) is 0 Å². The maximum absolute atomic E-state index is 12.3. The Morgan fingerprint density at radius 2 is 2.11 bits per heavy atom. The van der Waals surface area contributed by atoms with E-state index in [4.69, 9.17) is 9.72 Å². The number of para-hydroxylation sites is 1. The number of aromatic nitrogens is 4. The van der Waals surface area contributed by atoms with E-state index >= 15 is 0 Å². The van der Waals surface area contributed by atoms with Gasteiger partial charge in [-0.15, -0.1) is 0 Å². The summed E-state index contributed by atoms with van der Waals surface area (Å²) in [5.41, 5.74) is 2.85. The molecule has 3 heterocycles. The number of hydrogen-bond acceptors (Lipinski definition) is 5. The summed E-state index contributed by atoms with van der Waals surface area (Å²) in [7, 11) is 0. The van der Waals surface area contributed by atoms with Crippen LogP contribution >= 0.6 is 15.9 Å². The minimum atomic E-state index is -0.489. The smallest absolute Gasteiger partial charge is 0.410 e. The number of carbonyl (C=O) groups excluding carboxylic acids is 1. The zero-order valence-electron chi connectivity index (χ0n) is 16.1. The van der Waals surface area contributed by atoms with Crippen LogP contribution in [0, 0.1) is 0 Å². The van der Waals surface area contributed by atoms with Gasteiger partial charge in [0, 0.05) is 29.3 Å². The lowest BCUT2D eigenvalue weighted by Crippen LogP contribution is -2.35. The molecule has 0 saturated carbocycles. The molecule has 0 aliphatic carbocycles. The van der Waals surface area contributed by atoms with Gasteiger partial charge < -0.3 is 9.64 Å². The van der Waals surface area contributed by atoms with Crippen molar-refractivity contribution in [2.45, 2.75) is 38.8 Å². The summed E-state index contributed by atoms with van der Waals surface area (Å²) in [5.74, 6) is 0. The van der Waals surface area contributed by atoms with E-state index in [9.17, 15) is 4.79 Å². The lowest BCUT2D eigenvalue weighted by atomic mass is 10.2. The Bertz CT molecular complexity index is 1030. The van der Waals surface area contributed by atoms with Crippen molar-refractivity contribution >= 4 is 33.1 Å². The second kappa shape index (κ2) is 7.16. The summed E-state index contributed by atoms with van der Waals surface area (Å²) in [5, 5.41) is 4.50. The summed E-state index contributed by atoms with van der Waals surface area (Å²) >= 11 is 3.53. The normalized spacial score (nSPS) is 17.3. The summed E-state index contributed by atoms with van der Waals surface area (Å²) in [4.78, 5) is 23.2. The standard InChI is InChI=1S/C20H22BrN5O2/c1-20(2,3)28-19(27)25-8-7-14(12-25)26-11-13(9-23-26)17-10-22-16-6-4-5-15(21)18(16)24-17/h4-6,9-11,14H,7-8,12H2,1-3H3. The van der Waals surface area contributed by atoms with Crippen molar-refractivity contribution in [3.63, 3.8) is 0 Å². The van der Waals surface area contributed by atoms with E-state index in [-0.39, 0.29) is 12.1 Å². The molecule has 1 fully saturated rings. The summed E-state index contributed by atoms with van der Waals surface area (Å²) in [6.07, 6.45) is 6.10. The fourth-order valence-electron chi connectivity index (χ4n) is 3.26. The number of fused-ring (bicyclic) bond motifs is 1. The molecule has 1 amide bonds. The average Bonchev–Trinajstić information content (AvgIpc) is 3.30. The summed E-state index contributed by atoms with van der Waals surface area (Å²) in [6.45, 7) is 6.88. The monoisotopic (exact) mass is 443 g/mol. The fraction of sp³-hybridized carbons (Fsp3) is 0.400. The molecule has 146 valence electrons. The van der Waals surface area contributed by atoms with Gasteiger partial charge in [0.25, 0.3) is 0 Å². The molecule has 1 aromatic carbocycles. The number of ether oxygens (including phenoxy) is 1. The fourth-order valence-corrected chi connectivity index (χ4v) is 3.70. The number of nitrogens with zero attached hydrogens (tertiary/aromatic N) is 5. The molecule has 8 heteroatoms. The van der Waals surface area contributed by atoms with E-state index in [1.807, 2.05) is 49.8 Å². The van der Waals surface area contributed by atoms with Crippen molar-refractivity contribution in [1.29, 1.82) is 0 Å². The number of benzene rings is 1. The quantitative estimate of drug-likeness (QED) is 0.585. The molecule has 1 saturated heterocycles. The van der Waals surface area contributed by atoms with E-state index in [0.29, 0.717) is 13.1 Å². The van der Waals surface area contributed by atoms with Crippen molar-refractivity contribution < 1.29 is 9.53 Å². The summed E-state index contributed by atoms with van der Waals surface area (Å²) < 4.78 is 8.29. The first-order valence-electron chi connectivity index (χ1n) is 9.24. The third-order valence-electron chi connectivity index (χ3n) is 4.61. The highest BCUT2D eigenvalue weighted by Gasteiger charge is 2.31. The molecule has 3 aromatic rings. The zero-order valence-corrected chi connectivity index (χ0v) is 17.7. The highest BCUT2D eigenvalue weighted by molar-refractivity contribution is 9.10. The number of amides is 1. The van der Waals surface area contributed by atoms with E-state index in [1.54, 1.807) is 17.3 Å². The van der Waals surface area contributed by atoms with Gasteiger partial charge >= 0.3 is 6.09 Å². The van der Waals surface area contributed by atoms with Crippen LogP contribution in [-0.4, -0.2) is 49.4 Å². The largest absolute Gasteiger partial charge is 0.444 e. The first-order valence-corrected chi connectivity index (χ1v) is 10.0. The SMILES string of the molecule is CC(C)(C)OC(=O)N1CCC(n2cc(-c3cnc4cccc(Br)c4n3)cn2)C1. The predicted octanol–water partition coefficient (Wildman–Crippen LogP) is 4.44. The Labute approximate surface area is 171 Å². The Kier molecular flexibility index (Phi) is 4.82. The van der Waals surface area contributed by atoms with Gasteiger partial charge in [0.05, 0.1) is 29.6 Å². The molecule has 0 spiro atoms. The third-order valence-corrected chi connectivity index (χ3v) is 5.25. The van der Waals surface area contributed by atoms with Gasteiger partial charge in [0.2, 0.25) is 0 Å². The molecule has 7 nitrogen and oxygen atoms in total. The van der Waals surface area contributed by atoms with Crippen LogP contribution in [0.5, 0.6) is 0 Å². The Morgan fingerprint density at radius 3 is 2.89 bits per heavy atom. The van der Waals surface area contributed by atoms with Crippen LogP contribution in [0.1, 0.15) is 33.2 Å². The van der Waals surface area contributed by atoms with Gasteiger partial charge in [0.1, 0.15) is 11.1 Å². The van der Waals surface area contributed by atoms with Crippen molar-refractivity contribution in [2.75, 3.05) is 13.1 Å². The first kappa shape index (κ1) is 18.9. The molecule has 2 aromatic heterocycles. The molecule has 0 N–H and O–H groups in total. The Morgan fingerprint density at radius 1 is 1.29 bits per heavy atom. The molecule has 1 unspecified atom stereocenters. The van der Waals surface area contributed by atoms with Crippen LogP contribution in [-0.2, 0) is 4.74 Å². The van der Waals surface area contributed by atoms with Crippen LogP contribution in [0.4, 0.5) is 4.79 Å². The number of halogens is 1. The first-order chi connectivity index (χ1) is 13.3. The molecule has 0 bridgehead atoms. The van der Waals surface area contributed by atoms with Crippen molar-refractivity contribution in [3.8, 4) is 11.3 Å². The second-order valence-electron chi connectivity index (χ2n) is 7.94. The topological polar surface area (TPSA) is 73.1 Å². The minimum absolute atomic E-state index is 0.126. The molecule has 4 rings (SSSR count). The predicted molar refractivity (Wildman–Crippen MR) is 110 cm³/mol. The molecular weight excluding hydrogens is 422 g/mol. The average molecular weight is 444 g/mol. The molecule has 28 heavy (non-hydrogen) atoms. The minimum Gasteiger partial charge on any atom is -0.444 e. The Hall–Kier alpha value is -2.48. The van der Waals surface area contributed by atoms with Gasteiger partial charge in [0.15, 0.2) is 0 Å². The lowest BCUT2D eigenvalue weighted by molar-refractivity contribution is 0.0288. The number of carbonyl (C=O) groups is 1. The van der Waals surface area contributed by atoms with Crippen LogP contribution in [0.3, 0.4) is 0 Å². The van der Waals surface area contributed by atoms with Crippen LogP contribution in [0.25, 0.3) is 22.3 Å². The van der Waals surface area contributed by atoms with Gasteiger partial charge in [-0.1, -0.05) is 6.07 Å². The maximum atomic E-state index is 12.3. The third kappa shape index (κ3) is 3.87. The molecule has 1 atom stereocenters. The van der Waals surface area contributed by atoms with Crippen LogP contribution in [0.15, 0.2) is 41.3 Å². The lowest BCUT2D eigenvalue weighted by Gasteiger charge is -2.24. The summed E-state index contributed by atoms with van der Waals surface area (Å²) in [6, 6.07) is 5.95. The highest BCUT2D eigenvalue weighted by Crippen LogP contribution is 2.27. The second-order valence-corrected chi connectivity index (χ2v) is 8.80. The van der Waals surface area contributed by atoms with Crippen molar-refractivity contribution in [2.24, 2.45) is 0 Å². The van der Waals surface area contributed by atoms with Crippen molar-refractivity contribution in [3.05, 3.63) is 41.3 Å². The number of rotatable bonds is 2. The van der Waals surface area contributed by atoms with E-state index < -0.39 is 5.60 Å². The molecular formula is C20H22BrN5O2. The molecule has 1 aliphatic rings. The van der Waals surface area contributed by atoms with Gasteiger partial charge in [-0.2, -0.15) is 5.10 Å². The van der Waals surface area contributed by atoms with Crippen molar-refractivity contribution in [1.82, 2.24) is 24.6 Å². The van der Waals surface area contributed by atoms with Gasteiger partial charge in [-0.05, 0) is 55.3 Å². The maximum Gasteiger partial charge on any atom is 0.410 e.